The van der Waals surface area contributed by atoms with Crippen LogP contribution >= 0.6 is 0 Å². The molecule has 0 amide bonds. The van der Waals surface area contributed by atoms with Crippen LogP contribution < -0.4 is 0 Å². The number of carbonyl (C=O) groups is 2. The number of hydrogen-bond donors (Lipinski definition) is 2. The monoisotopic (exact) mass is 1220 g/mol. The Hall–Kier alpha value is -2.06. The Labute approximate surface area is 492 Å². The third-order valence-corrected chi connectivity index (χ3v) is 9.85. The van der Waals surface area contributed by atoms with Gasteiger partial charge in [-0.25, -0.2) is 0 Å². The van der Waals surface area contributed by atoms with Crippen molar-refractivity contribution in [3.05, 3.63) is 0 Å². The van der Waals surface area contributed by atoms with Crippen LogP contribution in [0.25, 0.3) is 0 Å². The molecule has 0 aliphatic rings. The van der Waals surface area contributed by atoms with E-state index in [4.69, 9.17) is 129 Å². The van der Waals surface area contributed by atoms with Crippen LogP contribution in [-0.2, 0) is 128 Å². The van der Waals surface area contributed by atoms with Gasteiger partial charge in [-0.15, -0.1) is 0 Å². The SMILES string of the molecule is O=C(O)CCOCCOCCOCCOCCOCCOCCOCCOCCOCCOCCOCCOCCOCCOCCOCCOCCOCCOCCOCCOCCOCCOCCOCCOCCOCCC(=O)O. The Morgan fingerprint density at radius 1 is 0.133 bits per heavy atom. The Bertz CT molecular complexity index is 1130. The fourth-order valence-electron chi connectivity index (χ4n) is 5.70. The molecule has 0 aromatic carbocycles. The number of ether oxygens (including phenoxy) is 25. The number of carboxylic acids is 2. The van der Waals surface area contributed by atoms with E-state index in [0.29, 0.717) is 317 Å². The molecule has 29 nitrogen and oxygen atoms in total. The molecule has 0 aromatic heterocycles. The van der Waals surface area contributed by atoms with Gasteiger partial charge >= 0.3 is 11.9 Å². The number of aliphatic carboxylic acids is 2. The maximum Gasteiger partial charge on any atom is 0.305 e. The molecular weight excluding hydrogens is 1110 g/mol. The molecule has 496 valence electrons. The van der Waals surface area contributed by atoms with Crippen LogP contribution in [0.1, 0.15) is 12.8 Å². The minimum atomic E-state index is -0.881. The summed E-state index contributed by atoms with van der Waals surface area (Å²) in [5.41, 5.74) is 0. The molecule has 0 fully saturated rings. The molecule has 29 heteroatoms. The van der Waals surface area contributed by atoms with Crippen molar-refractivity contribution in [1.29, 1.82) is 0 Å². The van der Waals surface area contributed by atoms with E-state index in [1.54, 1.807) is 0 Å². The summed E-state index contributed by atoms with van der Waals surface area (Å²) in [5, 5.41) is 17.0. The van der Waals surface area contributed by atoms with Crippen LogP contribution in [0.15, 0.2) is 0 Å². The predicted molar refractivity (Wildman–Crippen MR) is 295 cm³/mol. The third kappa shape index (κ3) is 79.9. The average Bonchev–Trinajstić information content (AvgIpc) is 3.47. The lowest BCUT2D eigenvalue weighted by Crippen LogP contribution is -2.16. The molecular formula is C54H106O29. The number of rotatable bonds is 78. The lowest BCUT2D eigenvalue weighted by molar-refractivity contribution is -0.139. The average molecular weight is 1220 g/mol. The number of hydrogen-bond acceptors (Lipinski definition) is 27. The van der Waals surface area contributed by atoms with E-state index in [1.807, 2.05) is 0 Å². The molecule has 0 rings (SSSR count). The van der Waals surface area contributed by atoms with Crippen molar-refractivity contribution in [2.24, 2.45) is 0 Å². The molecule has 0 aromatic rings. The second-order valence-corrected chi connectivity index (χ2v) is 16.6. The first-order valence-electron chi connectivity index (χ1n) is 29.0. The van der Waals surface area contributed by atoms with Crippen LogP contribution in [0.5, 0.6) is 0 Å². The molecule has 0 saturated heterocycles. The van der Waals surface area contributed by atoms with Gasteiger partial charge in [-0.1, -0.05) is 0 Å². The fraction of sp³-hybridized carbons (Fsp3) is 0.963. The van der Waals surface area contributed by atoms with Gasteiger partial charge in [0.15, 0.2) is 0 Å². The Kier molecular flexibility index (Phi) is 74.2. The van der Waals surface area contributed by atoms with Gasteiger partial charge in [0.25, 0.3) is 0 Å². The van der Waals surface area contributed by atoms with Crippen molar-refractivity contribution >= 4 is 11.9 Å². The van der Waals surface area contributed by atoms with Gasteiger partial charge in [-0.3, -0.25) is 9.59 Å². The van der Waals surface area contributed by atoms with Gasteiger partial charge in [-0.05, 0) is 0 Å². The number of carboxylic acid groups (broad SMARTS) is 2. The summed E-state index contributed by atoms with van der Waals surface area (Å²) in [5.74, 6) is -1.76. The highest BCUT2D eigenvalue weighted by Crippen LogP contribution is 1.92. The quantitative estimate of drug-likeness (QED) is 0.0777. The zero-order valence-electron chi connectivity index (χ0n) is 49.7. The summed E-state index contributed by atoms with van der Waals surface area (Å²) >= 11 is 0. The Balaban J connectivity index is 3.09. The highest BCUT2D eigenvalue weighted by atomic mass is 16.6. The second-order valence-electron chi connectivity index (χ2n) is 16.6. The van der Waals surface area contributed by atoms with Gasteiger partial charge in [0.1, 0.15) is 0 Å². The highest BCUT2D eigenvalue weighted by molar-refractivity contribution is 5.67. The molecule has 0 radical (unpaired) electrons. The molecule has 0 bridgehead atoms. The van der Waals surface area contributed by atoms with Crippen molar-refractivity contribution in [3.8, 4) is 0 Å². The summed E-state index contributed by atoms with van der Waals surface area (Å²) in [7, 11) is 0. The topological polar surface area (TPSA) is 305 Å². The van der Waals surface area contributed by atoms with Crippen LogP contribution in [-0.4, -0.2) is 352 Å². The van der Waals surface area contributed by atoms with Gasteiger partial charge in [0.05, 0.1) is 343 Å². The van der Waals surface area contributed by atoms with E-state index in [-0.39, 0.29) is 26.1 Å². The first-order valence-corrected chi connectivity index (χ1v) is 29.0. The zero-order chi connectivity index (χ0) is 59.6. The van der Waals surface area contributed by atoms with E-state index in [2.05, 4.69) is 0 Å². The van der Waals surface area contributed by atoms with Crippen LogP contribution in [0.2, 0.25) is 0 Å². The largest absolute Gasteiger partial charge is 0.481 e. The summed E-state index contributed by atoms with van der Waals surface area (Å²) < 4.78 is 136. The Morgan fingerprint density at radius 3 is 0.253 bits per heavy atom. The third-order valence-electron chi connectivity index (χ3n) is 9.85. The molecule has 83 heavy (non-hydrogen) atoms. The molecule has 0 heterocycles. The van der Waals surface area contributed by atoms with Crippen molar-refractivity contribution in [2.45, 2.75) is 12.8 Å². The normalized spacial score (nSPS) is 11.7. The van der Waals surface area contributed by atoms with Crippen molar-refractivity contribution < 1.29 is 138 Å². The lowest BCUT2D eigenvalue weighted by Gasteiger charge is -2.09. The summed E-state index contributed by atoms with van der Waals surface area (Å²) in [6.45, 7) is 22.6. The Morgan fingerprint density at radius 2 is 0.193 bits per heavy atom. The molecule has 0 aliphatic carbocycles. The first-order chi connectivity index (χ1) is 41.1. The van der Waals surface area contributed by atoms with E-state index >= 15 is 0 Å². The summed E-state index contributed by atoms with van der Waals surface area (Å²) in [4.78, 5) is 20.8. The maximum atomic E-state index is 10.4. The van der Waals surface area contributed by atoms with E-state index in [1.165, 1.54) is 0 Å². The van der Waals surface area contributed by atoms with E-state index in [9.17, 15) is 9.59 Å². The maximum absolute atomic E-state index is 10.4. The predicted octanol–water partition coefficient (Wildman–Crippen LogP) is 0.351. The summed E-state index contributed by atoms with van der Waals surface area (Å²) in [6.07, 6.45) is -0.0225. The lowest BCUT2D eigenvalue weighted by atomic mass is 10.5. The van der Waals surface area contributed by atoms with Crippen LogP contribution in [0.3, 0.4) is 0 Å². The zero-order valence-corrected chi connectivity index (χ0v) is 49.7. The second kappa shape index (κ2) is 76.0. The molecule has 0 aliphatic heterocycles. The molecule has 2 N–H and O–H groups in total. The van der Waals surface area contributed by atoms with E-state index < -0.39 is 11.9 Å². The minimum absolute atomic E-state index is 0.0112. The van der Waals surface area contributed by atoms with Crippen molar-refractivity contribution in [2.75, 3.05) is 330 Å². The van der Waals surface area contributed by atoms with Gasteiger partial charge in [0.2, 0.25) is 0 Å². The smallest absolute Gasteiger partial charge is 0.305 e. The highest BCUT2D eigenvalue weighted by Gasteiger charge is 2.02. The van der Waals surface area contributed by atoms with Crippen LogP contribution in [0.4, 0.5) is 0 Å². The molecule has 0 spiro atoms. The summed E-state index contributed by atoms with van der Waals surface area (Å²) in [6, 6.07) is 0. The molecule has 0 unspecified atom stereocenters. The van der Waals surface area contributed by atoms with Crippen molar-refractivity contribution in [3.63, 3.8) is 0 Å². The molecule has 0 saturated carbocycles. The van der Waals surface area contributed by atoms with Gasteiger partial charge < -0.3 is 129 Å². The van der Waals surface area contributed by atoms with E-state index in [0.717, 1.165) is 0 Å². The fourth-order valence-corrected chi connectivity index (χ4v) is 5.70. The van der Waals surface area contributed by atoms with Crippen molar-refractivity contribution in [1.82, 2.24) is 0 Å². The van der Waals surface area contributed by atoms with Crippen LogP contribution in [0, 0.1) is 0 Å². The van der Waals surface area contributed by atoms with Gasteiger partial charge in [0, 0.05) is 0 Å². The standard InChI is InChI=1S/C54H106O29/c55-53(56)1-3-59-5-7-61-9-11-63-13-15-65-17-19-67-21-23-69-25-27-71-29-31-73-33-35-75-37-39-77-41-43-79-45-47-81-49-51-83-52-50-82-48-46-80-44-42-78-40-38-76-36-34-74-32-30-72-28-26-70-24-22-68-20-18-66-16-14-64-12-10-62-8-6-60-4-2-54(57)58/h1-52H2,(H,55,56)(H,57,58). The van der Waals surface area contributed by atoms with Gasteiger partial charge in [-0.2, -0.15) is 0 Å². The first kappa shape index (κ1) is 80.9. The minimum Gasteiger partial charge on any atom is -0.481 e. The molecule has 0 atom stereocenters.